The van der Waals surface area contributed by atoms with Crippen LogP contribution in [0, 0.1) is 0 Å². The highest BCUT2D eigenvalue weighted by molar-refractivity contribution is 7.15. The Morgan fingerprint density at radius 2 is 1.92 bits per heavy atom. The van der Waals surface area contributed by atoms with Crippen molar-refractivity contribution in [1.29, 1.82) is 0 Å². The first-order valence-corrected chi connectivity index (χ1v) is 9.29. The van der Waals surface area contributed by atoms with Crippen LogP contribution in [0.15, 0.2) is 66.9 Å². The van der Waals surface area contributed by atoms with Crippen LogP contribution in [-0.2, 0) is 4.79 Å². The zero-order chi connectivity index (χ0) is 18.2. The topological polar surface area (TPSA) is 51.2 Å². The molecule has 0 saturated carbocycles. The molecule has 0 saturated heterocycles. The minimum atomic E-state index is -0.179. The van der Waals surface area contributed by atoms with E-state index in [4.69, 9.17) is 4.74 Å². The first-order valence-electron chi connectivity index (χ1n) is 8.48. The lowest BCUT2D eigenvalue weighted by atomic mass is 10.2. The number of rotatable bonds is 7. The molecule has 132 valence electrons. The summed E-state index contributed by atoms with van der Waals surface area (Å²) in [6.45, 7) is 2.75. The minimum Gasteiger partial charge on any atom is -0.494 e. The van der Waals surface area contributed by atoms with Crippen molar-refractivity contribution in [2.75, 3.05) is 11.9 Å². The smallest absolute Gasteiger partial charge is 0.248 e. The van der Waals surface area contributed by atoms with Gasteiger partial charge in [-0.1, -0.05) is 37.3 Å². The van der Waals surface area contributed by atoms with Crippen molar-refractivity contribution in [2.45, 2.75) is 13.3 Å². The summed E-state index contributed by atoms with van der Waals surface area (Å²) in [7, 11) is 0. The number of nitrogens with zero attached hydrogens (tertiary/aromatic N) is 1. The molecule has 1 aromatic heterocycles. The van der Waals surface area contributed by atoms with Crippen molar-refractivity contribution in [3.8, 4) is 16.3 Å². The van der Waals surface area contributed by atoms with E-state index in [1.165, 1.54) is 6.08 Å². The van der Waals surface area contributed by atoms with Crippen LogP contribution in [0.25, 0.3) is 16.6 Å². The van der Waals surface area contributed by atoms with E-state index in [1.807, 2.05) is 54.6 Å². The average molecular weight is 364 g/mol. The molecule has 1 N–H and O–H groups in total. The van der Waals surface area contributed by atoms with Gasteiger partial charge in [-0.3, -0.25) is 4.79 Å². The van der Waals surface area contributed by atoms with Gasteiger partial charge in [0.2, 0.25) is 5.91 Å². The second kappa shape index (κ2) is 8.97. The molecule has 0 fully saturated rings. The number of aromatic nitrogens is 1. The number of anilines is 1. The molecular weight excluding hydrogens is 344 g/mol. The Labute approximate surface area is 157 Å². The van der Waals surface area contributed by atoms with E-state index in [0.717, 1.165) is 33.3 Å². The number of carbonyl (C=O) groups is 1. The maximum absolute atomic E-state index is 12.1. The van der Waals surface area contributed by atoms with Crippen LogP contribution in [0.3, 0.4) is 0 Å². The third kappa shape index (κ3) is 5.04. The summed E-state index contributed by atoms with van der Waals surface area (Å²) in [5, 5.41) is 3.78. The molecule has 0 radical (unpaired) electrons. The molecule has 3 rings (SSSR count). The van der Waals surface area contributed by atoms with Gasteiger partial charge in [0.05, 0.1) is 6.61 Å². The van der Waals surface area contributed by atoms with Crippen molar-refractivity contribution in [1.82, 2.24) is 4.98 Å². The molecule has 2 aromatic carbocycles. The van der Waals surface area contributed by atoms with Crippen LogP contribution < -0.4 is 10.1 Å². The third-order valence-corrected chi connectivity index (χ3v) is 4.55. The average Bonchev–Trinajstić information content (AvgIpc) is 3.16. The second-order valence-corrected chi connectivity index (χ2v) is 6.69. The zero-order valence-corrected chi connectivity index (χ0v) is 15.3. The van der Waals surface area contributed by atoms with E-state index in [0.29, 0.717) is 6.61 Å². The summed E-state index contributed by atoms with van der Waals surface area (Å²) in [6, 6.07) is 17.4. The number of ether oxygens (including phenoxy) is 1. The Balaban J connectivity index is 1.57. The minimum absolute atomic E-state index is 0.179. The molecule has 0 unspecified atom stereocenters. The van der Waals surface area contributed by atoms with E-state index < -0.39 is 0 Å². The number of amides is 1. The van der Waals surface area contributed by atoms with Gasteiger partial charge in [0, 0.05) is 28.4 Å². The van der Waals surface area contributed by atoms with E-state index in [1.54, 1.807) is 23.6 Å². The molecule has 5 heteroatoms. The van der Waals surface area contributed by atoms with Crippen LogP contribution in [0.4, 0.5) is 5.69 Å². The normalized spacial score (nSPS) is 10.8. The molecule has 0 aliphatic rings. The number of hydrogen-bond acceptors (Lipinski definition) is 4. The molecule has 4 nitrogen and oxygen atoms in total. The van der Waals surface area contributed by atoms with Gasteiger partial charge in [-0.05, 0) is 36.8 Å². The fraction of sp³-hybridized carbons (Fsp3) is 0.143. The summed E-state index contributed by atoms with van der Waals surface area (Å²) in [5.41, 5.74) is 1.81. The highest BCUT2D eigenvalue weighted by Crippen LogP contribution is 2.25. The fourth-order valence-electron chi connectivity index (χ4n) is 2.27. The predicted octanol–water partition coefficient (Wildman–Crippen LogP) is 5.25. The summed E-state index contributed by atoms with van der Waals surface area (Å²) in [4.78, 5) is 17.4. The first kappa shape index (κ1) is 17.9. The Hall–Kier alpha value is -2.92. The summed E-state index contributed by atoms with van der Waals surface area (Å²) in [6.07, 6.45) is 6.03. The summed E-state index contributed by atoms with van der Waals surface area (Å²) >= 11 is 1.55. The van der Waals surface area contributed by atoms with Crippen LogP contribution in [0.5, 0.6) is 5.75 Å². The lowest BCUT2D eigenvalue weighted by Gasteiger charge is -2.06. The number of hydrogen-bond donors (Lipinski definition) is 1. The highest BCUT2D eigenvalue weighted by Gasteiger charge is 2.03. The maximum Gasteiger partial charge on any atom is 0.248 e. The molecule has 0 spiro atoms. The van der Waals surface area contributed by atoms with Gasteiger partial charge in [0.1, 0.15) is 10.8 Å². The molecule has 0 aliphatic heterocycles. The Morgan fingerprint density at radius 3 is 2.65 bits per heavy atom. The SMILES string of the molecule is CCCOc1ccc(NC(=O)/C=C/c2cnc(-c3ccccc3)s2)cc1. The number of nitrogens with one attached hydrogen (secondary N) is 1. The molecule has 1 amide bonds. The number of carbonyl (C=O) groups excluding carboxylic acids is 1. The van der Waals surface area contributed by atoms with Crippen molar-refractivity contribution in [3.63, 3.8) is 0 Å². The first-order chi connectivity index (χ1) is 12.7. The van der Waals surface area contributed by atoms with Crippen molar-refractivity contribution in [3.05, 3.63) is 71.7 Å². The Kier molecular flexibility index (Phi) is 6.17. The van der Waals surface area contributed by atoms with Crippen LogP contribution in [-0.4, -0.2) is 17.5 Å². The number of benzene rings is 2. The molecule has 1 heterocycles. The molecule has 0 atom stereocenters. The van der Waals surface area contributed by atoms with Gasteiger partial charge < -0.3 is 10.1 Å². The van der Waals surface area contributed by atoms with Gasteiger partial charge in [-0.15, -0.1) is 11.3 Å². The van der Waals surface area contributed by atoms with Gasteiger partial charge in [-0.2, -0.15) is 0 Å². The van der Waals surface area contributed by atoms with Gasteiger partial charge in [0.25, 0.3) is 0 Å². The maximum atomic E-state index is 12.1. The third-order valence-electron chi connectivity index (χ3n) is 3.54. The largest absolute Gasteiger partial charge is 0.494 e. The van der Waals surface area contributed by atoms with Crippen LogP contribution >= 0.6 is 11.3 Å². The molecule has 26 heavy (non-hydrogen) atoms. The van der Waals surface area contributed by atoms with Gasteiger partial charge in [0.15, 0.2) is 0 Å². The number of thiazole rings is 1. The van der Waals surface area contributed by atoms with Crippen molar-refractivity contribution >= 4 is 29.0 Å². The van der Waals surface area contributed by atoms with Crippen molar-refractivity contribution in [2.24, 2.45) is 0 Å². The van der Waals surface area contributed by atoms with E-state index in [2.05, 4.69) is 17.2 Å². The predicted molar refractivity (Wildman–Crippen MR) is 107 cm³/mol. The van der Waals surface area contributed by atoms with Crippen molar-refractivity contribution < 1.29 is 9.53 Å². The Morgan fingerprint density at radius 1 is 1.15 bits per heavy atom. The van der Waals surface area contributed by atoms with E-state index in [-0.39, 0.29) is 5.91 Å². The van der Waals surface area contributed by atoms with Gasteiger partial charge in [-0.25, -0.2) is 4.98 Å². The molecular formula is C21H20N2O2S. The standard InChI is InChI=1S/C21H20N2O2S/c1-2-14-25-18-10-8-17(9-11-18)23-20(24)13-12-19-15-22-21(26-19)16-6-4-3-5-7-16/h3-13,15H,2,14H2,1H3,(H,23,24)/b13-12+. The molecule has 0 bridgehead atoms. The van der Waals surface area contributed by atoms with Crippen LogP contribution in [0.2, 0.25) is 0 Å². The van der Waals surface area contributed by atoms with Gasteiger partial charge >= 0.3 is 0 Å². The van der Waals surface area contributed by atoms with Crippen LogP contribution in [0.1, 0.15) is 18.2 Å². The highest BCUT2D eigenvalue weighted by atomic mass is 32.1. The quantitative estimate of drug-likeness (QED) is 0.583. The Bertz CT molecular complexity index is 871. The molecule has 0 aliphatic carbocycles. The van der Waals surface area contributed by atoms with E-state index >= 15 is 0 Å². The monoisotopic (exact) mass is 364 g/mol. The zero-order valence-electron chi connectivity index (χ0n) is 14.5. The second-order valence-electron chi connectivity index (χ2n) is 5.63. The molecule has 3 aromatic rings. The van der Waals surface area contributed by atoms with E-state index in [9.17, 15) is 4.79 Å². The summed E-state index contributed by atoms with van der Waals surface area (Å²) < 4.78 is 5.53. The lowest BCUT2D eigenvalue weighted by Crippen LogP contribution is -2.07. The fourth-order valence-corrected chi connectivity index (χ4v) is 3.10. The lowest BCUT2D eigenvalue weighted by molar-refractivity contribution is -0.111. The summed E-state index contributed by atoms with van der Waals surface area (Å²) in [5.74, 6) is 0.625.